The molecule has 1 fully saturated rings. The first kappa shape index (κ1) is 16.0. The maximum Gasteiger partial charge on any atom is 1.00 e. The molecular formula is C15H12NNaO4. The fourth-order valence-corrected chi connectivity index (χ4v) is 1.94. The average Bonchev–Trinajstić information content (AvgIpc) is 3.27. The number of aliphatic carboxylic acids is 1. The average molecular weight is 293 g/mol. The van der Waals surface area contributed by atoms with E-state index in [1.807, 2.05) is 36.4 Å². The summed E-state index contributed by atoms with van der Waals surface area (Å²) < 4.78 is 10.6. The fraction of sp³-hybridized carbons (Fsp3) is 0.200. The van der Waals surface area contributed by atoms with Gasteiger partial charge in [0, 0.05) is 12.3 Å². The van der Waals surface area contributed by atoms with Crippen LogP contribution in [0.1, 0.15) is 17.2 Å². The fourth-order valence-electron chi connectivity index (χ4n) is 1.94. The summed E-state index contributed by atoms with van der Waals surface area (Å²) in [7, 11) is 0. The quantitative estimate of drug-likeness (QED) is 0.464. The minimum Gasteiger partial charge on any atom is -0.547 e. The van der Waals surface area contributed by atoms with Crippen LogP contribution in [0.5, 0.6) is 5.88 Å². The predicted molar refractivity (Wildman–Crippen MR) is 67.6 cm³/mol. The molecule has 1 saturated heterocycles. The summed E-state index contributed by atoms with van der Waals surface area (Å²) in [6.07, 6.45) is 0.472. The van der Waals surface area contributed by atoms with Gasteiger partial charge in [0.2, 0.25) is 5.88 Å². The van der Waals surface area contributed by atoms with Gasteiger partial charge in [-0.25, -0.2) is 4.98 Å². The Morgan fingerprint density at radius 1 is 1.24 bits per heavy atom. The molecule has 1 aromatic carbocycles. The number of carboxylic acid groups (broad SMARTS) is 1. The molecule has 1 aliphatic heterocycles. The van der Waals surface area contributed by atoms with Crippen LogP contribution in [0, 0.1) is 0 Å². The van der Waals surface area contributed by atoms with Crippen LogP contribution in [0.15, 0.2) is 48.7 Å². The van der Waals surface area contributed by atoms with E-state index in [4.69, 9.17) is 9.47 Å². The second-order valence-electron chi connectivity index (χ2n) is 4.49. The number of hydrogen-bond donors (Lipinski definition) is 0. The Bertz CT molecular complexity index is 603. The molecule has 0 amide bonds. The van der Waals surface area contributed by atoms with Gasteiger partial charge in [-0.1, -0.05) is 30.3 Å². The van der Waals surface area contributed by atoms with E-state index in [1.54, 1.807) is 12.3 Å². The molecule has 1 aliphatic rings. The Balaban J connectivity index is 0.00000161. The van der Waals surface area contributed by atoms with Crippen molar-refractivity contribution in [1.29, 1.82) is 0 Å². The number of pyridine rings is 1. The van der Waals surface area contributed by atoms with Gasteiger partial charge in [-0.15, -0.1) is 0 Å². The number of benzene rings is 1. The first-order valence-electron chi connectivity index (χ1n) is 6.23. The van der Waals surface area contributed by atoms with Crippen LogP contribution >= 0.6 is 0 Å². The van der Waals surface area contributed by atoms with Gasteiger partial charge in [0.15, 0.2) is 0 Å². The number of epoxide rings is 1. The zero-order chi connectivity index (χ0) is 13.9. The first-order chi connectivity index (χ1) is 9.74. The summed E-state index contributed by atoms with van der Waals surface area (Å²) in [5.74, 6) is -0.600. The molecule has 3 rings (SSSR count). The Hall–Kier alpha value is -1.40. The molecule has 0 N–H and O–H groups in total. The molecule has 5 nitrogen and oxygen atoms in total. The Labute approximate surface area is 144 Å². The topological polar surface area (TPSA) is 74.8 Å². The molecule has 102 valence electrons. The first-order valence-corrected chi connectivity index (χ1v) is 6.23. The number of carbonyl (C=O) groups excluding carboxylic acids is 1. The molecule has 2 atom stereocenters. The Morgan fingerprint density at radius 2 is 2.00 bits per heavy atom. The van der Waals surface area contributed by atoms with Gasteiger partial charge < -0.3 is 19.4 Å². The summed E-state index contributed by atoms with van der Waals surface area (Å²) in [5, 5.41) is 10.6. The van der Waals surface area contributed by atoms with E-state index in [0.29, 0.717) is 12.5 Å². The number of aromatic nitrogens is 1. The molecule has 6 heteroatoms. The number of ether oxygens (including phenoxy) is 2. The van der Waals surface area contributed by atoms with Gasteiger partial charge >= 0.3 is 29.6 Å². The van der Waals surface area contributed by atoms with E-state index >= 15 is 0 Å². The van der Waals surface area contributed by atoms with Crippen molar-refractivity contribution in [2.24, 2.45) is 0 Å². The van der Waals surface area contributed by atoms with Crippen molar-refractivity contribution in [2.45, 2.75) is 18.8 Å². The van der Waals surface area contributed by atoms with Crippen LogP contribution in [0.4, 0.5) is 0 Å². The monoisotopic (exact) mass is 293 g/mol. The summed E-state index contributed by atoms with van der Waals surface area (Å²) in [6, 6.07) is 12.9. The molecule has 2 aromatic rings. The smallest absolute Gasteiger partial charge is 0.547 e. The van der Waals surface area contributed by atoms with Crippen molar-refractivity contribution in [3.8, 4) is 5.88 Å². The van der Waals surface area contributed by atoms with Gasteiger partial charge in [0.05, 0.1) is 5.97 Å². The predicted octanol–water partition coefficient (Wildman–Crippen LogP) is -2.15. The van der Waals surface area contributed by atoms with Crippen LogP contribution in [-0.4, -0.2) is 17.1 Å². The van der Waals surface area contributed by atoms with Gasteiger partial charge in [0.1, 0.15) is 18.8 Å². The molecule has 0 bridgehead atoms. The molecular weight excluding hydrogens is 281 g/mol. The zero-order valence-corrected chi connectivity index (χ0v) is 13.6. The molecule has 0 saturated carbocycles. The number of hydrogen-bond acceptors (Lipinski definition) is 5. The summed E-state index contributed by atoms with van der Waals surface area (Å²) in [5.41, 5.74) is 1.81. The molecule has 0 unspecified atom stereocenters. The normalized spacial score (nSPS) is 19.4. The van der Waals surface area contributed by atoms with E-state index in [0.717, 1.165) is 11.1 Å². The third-order valence-electron chi connectivity index (χ3n) is 3.06. The van der Waals surface area contributed by atoms with E-state index in [1.165, 1.54) is 0 Å². The van der Waals surface area contributed by atoms with Crippen molar-refractivity contribution >= 4 is 5.97 Å². The number of rotatable bonds is 5. The zero-order valence-electron chi connectivity index (χ0n) is 11.6. The summed E-state index contributed by atoms with van der Waals surface area (Å²) >= 11 is 0. The number of nitrogens with zero attached hydrogens (tertiary/aromatic N) is 1. The third kappa shape index (κ3) is 4.04. The van der Waals surface area contributed by atoms with E-state index in [2.05, 4.69) is 4.98 Å². The molecule has 0 spiro atoms. The van der Waals surface area contributed by atoms with E-state index in [-0.39, 0.29) is 35.7 Å². The van der Waals surface area contributed by atoms with Gasteiger partial charge in [-0.05, 0) is 17.2 Å². The van der Waals surface area contributed by atoms with Crippen molar-refractivity contribution in [1.82, 2.24) is 4.98 Å². The van der Waals surface area contributed by atoms with E-state index < -0.39 is 12.1 Å². The van der Waals surface area contributed by atoms with Crippen LogP contribution in [-0.2, 0) is 16.1 Å². The van der Waals surface area contributed by atoms with Gasteiger partial charge in [-0.2, -0.15) is 0 Å². The standard InChI is InChI=1S/C15H13NO4.Na/c17-15(18)14-13(20-14)11-6-4-10(5-7-11)9-19-12-3-1-2-8-16-12;/h1-8,13-14H,9H2,(H,17,18);/q;+1/p-1/t13-,14-;/m1./s1. The largest absolute Gasteiger partial charge is 1.00 e. The second-order valence-corrected chi connectivity index (χ2v) is 4.49. The van der Waals surface area contributed by atoms with Crippen LogP contribution in [0.25, 0.3) is 0 Å². The van der Waals surface area contributed by atoms with E-state index in [9.17, 15) is 9.90 Å². The van der Waals surface area contributed by atoms with Crippen molar-refractivity contribution in [3.63, 3.8) is 0 Å². The Kier molecular flexibility index (Phi) is 5.36. The van der Waals surface area contributed by atoms with Crippen molar-refractivity contribution < 1.29 is 48.9 Å². The summed E-state index contributed by atoms with van der Waals surface area (Å²) in [4.78, 5) is 14.7. The van der Waals surface area contributed by atoms with Crippen molar-refractivity contribution in [2.75, 3.05) is 0 Å². The van der Waals surface area contributed by atoms with Crippen LogP contribution in [0.2, 0.25) is 0 Å². The second kappa shape index (κ2) is 7.04. The maximum atomic E-state index is 10.6. The minimum absolute atomic E-state index is 0. The molecule has 1 aromatic heterocycles. The van der Waals surface area contributed by atoms with Crippen LogP contribution in [0.3, 0.4) is 0 Å². The molecule has 0 aliphatic carbocycles. The molecule has 0 radical (unpaired) electrons. The van der Waals surface area contributed by atoms with Gasteiger partial charge in [0.25, 0.3) is 0 Å². The Morgan fingerprint density at radius 3 is 2.57 bits per heavy atom. The van der Waals surface area contributed by atoms with Gasteiger partial charge in [-0.3, -0.25) is 0 Å². The number of carboxylic acids is 1. The molecule has 21 heavy (non-hydrogen) atoms. The summed E-state index contributed by atoms with van der Waals surface area (Å²) in [6.45, 7) is 0.409. The molecule has 2 heterocycles. The maximum absolute atomic E-state index is 10.6. The third-order valence-corrected chi connectivity index (χ3v) is 3.06. The minimum atomic E-state index is -1.17. The SMILES string of the molecule is O=C([O-])[C@@H]1O[C@@H]1c1ccc(COc2ccccn2)cc1.[Na+]. The number of carbonyl (C=O) groups is 1. The van der Waals surface area contributed by atoms with Crippen molar-refractivity contribution in [3.05, 3.63) is 59.8 Å². The van der Waals surface area contributed by atoms with Crippen LogP contribution < -0.4 is 39.4 Å².